The van der Waals surface area contributed by atoms with Crippen LogP contribution in [0.4, 0.5) is 0 Å². The number of rotatable bonds is 6. The molecule has 0 saturated carbocycles. The zero-order valence-corrected chi connectivity index (χ0v) is 29.8. The van der Waals surface area contributed by atoms with Gasteiger partial charge in [-0.05, 0) is 83.3 Å². The third-order valence-electron chi connectivity index (χ3n) is 9.93. The molecule has 2 aliphatic heterocycles. The normalized spacial score (nSPS) is 39.5. The number of aliphatic hydroxyl groups is 1. The summed E-state index contributed by atoms with van der Waals surface area (Å²) >= 11 is 0. The van der Waals surface area contributed by atoms with E-state index in [0.29, 0.717) is 18.1 Å². The average molecular weight is 646 g/mol. The second kappa shape index (κ2) is 17.2. The minimum absolute atomic E-state index is 0.0129. The molecule has 5 unspecified atom stereocenters. The molecule has 0 aliphatic carbocycles. The minimum atomic E-state index is -1.01. The van der Waals surface area contributed by atoms with Crippen molar-refractivity contribution >= 4 is 11.8 Å². The molecule has 9 heteroatoms. The quantitative estimate of drug-likeness (QED) is 0.396. The van der Waals surface area contributed by atoms with E-state index in [4.69, 9.17) is 23.7 Å². The van der Waals surface area contributed by atoms with Gasteiger partial charge in [0.05, 0.1) is 30.8 Å². The van der Waals surface area contributed by atoms with Crippen molar-refractivity contribution in [1.29, 1.82) is 0 Å². The van der Waals surface area contributed by atoms with Gasteiger partial charge in [-0.15, -0.1) is 0 Å². The Hall–Kier alpha value is -2.30. The lowest BCUT2D eigenvalue weighted by molar-refractivity contribution is -0.282. The number of hydrogen-bond donors (Lipinski definition) is 1. The Labute approximate surface area is 276 Å². The molecule has 2 aliphatic rings. The summed E-state index contributed by atoms with van der Waals surface area (Å²) in [5, 5.41) is 11.1. The van der Waals surface area contributed by atoms with Crippen LogP contribution in [0, 0.1) is 36.5 Å². The minimum Gasteiger partial charge on any atom is -0.484 e. The molecule has 13 atom stereocenters. The number of ether oxygens (including phenoxy) is 5. The highest BCUT2D eigenvalue weighted by molar-refractivity contribution is 5.91. The topological polar surface area (TPSA) is 104 Å². The van der Waals surface area contributed by atoms with E-state index in [1.54, 1.807) is 20.1 Å². The number of esters is 1. The maximum absolute atomic E-state index is 13.5. The highest BCUT2D eigenvalue weighted by Gasteiger charge is 2.45. The lowest BCUT2D eigenvalue weighted by Crippen LogP contribution is -2.56. The number of carbonyl (C=O) groups is 2. The Kier molecular flexibility index (Phi) is 14.3. The van der Waals surface area contributed by atoms with Crippen molar-refractivity contribution < 1.29 is 38.4 Å². The Bertz CT molecular complexity index is 1140. The van der Waals surface area contributed by atoms with Crippen LogP contribution in [0.15, 0.2) is 36.4 Å². The lowest BCUT2D eigenvalue weighted by atomic mass is 9.82. The van der Waals surface area contributed by atoms with Gasteiger partial charge in [-0.1, -0.05) is 52.3 Å². The van der Waals surface area contributed by atoms with Crippen molar-refractivity contribution in [2.24, 2.45) is 29.6 Å². The Morgan fingerprint density at radius 1 is 0.891 bits per heavy atom. The van der Waals surface area contributed by atoms with Gasteiger partial charge in [0, 0.05) is 31.4 Å². The monoisotopic (exact) mass is 645 g/mol. The van der Waals surface area contributed by atoms with Crippen molar-refractivity contribution in [3.05, 3.63) is 42.0 Å². The number of aliphatic hydroxyl groups excluding tert-OH is 1. The third-order valence-corrected chi connectivity index (χ3v) is 9.93. The van der Waals surface area contributed by atoms with Gasteiger partial charge in [0.2, 0.25) is 0 Å². The first-order valence-corrected chi connectivity index (χ1v) is 17.0. The van der Waals surface area contributed by atoms with Crippen molar-refractivity contribution in [2.45, 2.75) is 124 Å². The van der Waals surface area contributed by atoms with Crippen molar-refractivity contribution in [3.8, 4) is 5.75 Å². The van der Waals surface area contributed by atoms with Gasteiger partial charge in [0.15, 0.2) is 12.1 Å². The van der Waals surface area contributed by atoms with E-state index < -0.39 is 36.8 Å². The van der Waals surface area contributed by atoms with Crippen LogP contribution in [0.2, 0.25) is 0 Å². The summed E-state index contributed by atoms with van der Waals surface area (Å²) in [7, 11) is 5.81. The standard InChI is InChI=1S/C37H59NO8/c1-21-12-14-29(15-13-21)45-32-17-16-30(39)22(2)18-23(3)36(46-37-27(7)34(38(9)10)26(6)28(8)44-37)35(42-11)24(4)19-33(41)43-25(5)20-31(32)40/h12-17,22-28,31-32,34-37,40H,18-20H2,1-11H3/b17-16+/t22-,23+,24-,25-,26?,27?,28?,31+,32+,34?,35+,36+,37?/m1/s1. The molecule has 260 valence electrons. The second-order valence-corrected chi connectivity index (χ2v) is 14.2. The highest BCUT2D eigenvalue weighted by atomic mass is 16.7. The smallest absolute Gasteiger partial charge is 0.306 e. The molecule has 46 heavy (non-hydrogen) atoms. The number of allylic oxidation sites excluding steroid dienone is 1. The summed E-state index contributed by atoms with van der Waals surface area (Å²) in [5.41, 5.74) is 1.08. The first kappa shape index (κ1) is 38.2. The van der Waals surface area contributed by atoms with Gasteiger partial charge in [0.25, 0.3) is 0 Å². The summed E-state index contributed by atoms with van der Waals surface area (Å²) in [6.07, 6.45) is 0.0966. The van der Waals surface area contributed by atoms with E-state index >= 15 is 0 Å². The van der Waals surface area contributed by atoms with E-state index in [2.05, 4.69) is 46.7 Å². The SMILES string of the molecule is CO[C@@H]1[C@@H](OC2OC(C)C(C)C(N(C)C)C2C)[C@@H](C)C[C@@H](C)C(=O)/C=C/[C@H](Oc2ccc(C)cc2)[C@@H](O)C[C@@H](C)OC(=O)C[C@H]1C. The summed E-state index contributed by atoms with van der Waals surface area (Å²) in [5.74, 6) is -0.180. The van der Waals surface area contributed by atoms with Gasteiger partial charge in [-0.25, -0.2) is 0 Å². The zero-order valence-electron chi connectivity index (χ0n) is 29.8. The molecule has 1 fully saturated rings. The van der Waals surface area contributed by atoms with E-state index in [9.17, 15) is 14.7 Å². The predicted molar refractivity (Wildman–Crippen MR) is 178 cm³/mol. The van der Waals surface area contributed by atoms with Gasteiger partial charge in [-0.2, -0.15) is 0 Å². The van der Waals surface area contributed by atoms with Crippen LogP contribution in [-0.4, -0.2) is 91.9 Å². The number of aryl methyl sites for hydroxylation is 1. The molecular weight excluding hydrogens is 586 g/mol. The van der Waals surface area contributed by atoms with E-state index in [-0.39, 0.29) is 60.4 Å². The summed E-state index contributed by atoms with van der Waals surface area (Å²) in [4.78, 5) is 28.9. The molecule has 0 aromatic heterocycles. The molecule has 0 radical (unpaired) electrons. The first-order valence-electron chi connectivity index (χ1n) is 17.0. The fraction of sp³-hybridized carbons (Fsp3) is 0.730. The summed E-state index contributed by atoms with van der Waals surface area (Å²) in [6, 6.07) is 7.76. The number of hydrogen-bond acceptors (Lipinski definition) is 9. The van der Waals surface area contributed by atoms with E-state index in [1.807, 2.05) is 45.0 Å². The Balaban J connectivity index is 1.93. The van der Waals surface area contributed by atoms with Gasteiger partial charge >= 0.3 is 5.97 Å². The van der Waals surface area contributed by atoms with Crippen LogP contribution in [0.25, 0.3) is 0 Å². The molecule has 0 bridgehead atoms. The molecule has 1 N–H and O–H groups in total. The molecule has 1 aromatic rings. The van der Waals surface area contributed by atoms with Crippen LogP contribution < -0.4 is 4.74 Å². The Morgan fingerprint density at radius 2 is 1.54 bits per heavy atom. The molecule has 1 saturated heterocycles. The van der Waals surface area contributed by atoms with Crippen LogP contribution in [-0.2, 0) is 28.5 Å². The van der Waals surface area contributed by atoms with Crippen molar-refractivity contribution in [1.82, 2.24) is 4.90 Å². The van der Waals surface area contributed by atoms with Crippen LogP contribution in [0.3, 0.4) is 0 Å². The van der Waals surface area contributed by atoms with Crippen molar-refractivity contribution in [2.75, 3.05) is 21.2 Å². The zero-order chi connectivity index (χ0) is 34.3. The van der Waals surface area contributed by atoms with Gasteiger partial charge in [-0.3, -0.25) is 9.59 Å². The highest BCUT2D eigenvalue weighted by Crippen LogP contribution is 2.37. The first-order chi connectivity index (χ1) is 21.6. The number of nitrogens with zero attached hydrogens (tertiary/aromatic N) is 1. The molecule has 0 amide bonds. The van der Waals surface area contributed by atoms with Crippen molar-refractivity contribution in [3.63, 3.8) is 0 Å². The summed E-state index contributed by atoms with van der Waals surface area (Å²) < 4.78 is 31.3. The van der Waals surface area contributed by atoms with E-state index in [1.165, 1.54) is 6.08 Å². The average Bonchev–Trinajstić information content (AvgIpc) is 2.97. The maximum atomic E-state index is 13.5. The summed E-state index contributed by atoms with van der Waals surface area (Å²) in [6.45, 7) is 16.1. The number of methoxy groups -OCH3 is 1. The third kappa shape index (κ3) is 10.1. The molecule has 9 nitrogen and oxygen atoms in total. The Morgan fingerprint density at radius 3 is 2.15 bits per heavy atom. The fourth-order valence-electron chi connectivity index (χ4n) is 7.21. The number of benzene rings is 1. The lowest BCUT2D eigenvalue weighted by Gasteiger charge is -2.48. The molecule has 3 rings (SSSR count). The number of ketones is 1. The van der Waals surface area contributed by atoms with Gasteiger partial charge < -0.3 is 33.7 Å². The molecule has 0 spiro atoms. The second-order valence-electron chi connectivity index (χ2n) is 14.2. The van der Waals surface area contributed by atoms with E-state index in [0.717, 1.165) is 5.56 Å². The molecule has 1 aromatic carbocycles. The number of cyclic esters (lactones) is 1. The largest absolute Gasteiger partial charge is 0.484 e. The molecule has 2 heterocycles. The van der Waals surface area contributed by atoms with Crippen LogP contribution in [0.1, 0.15) is 73.3 Å². The van der Waals surface area contributed by atoms with Crippen LogP contribution in [0.5, 0.6) is 5.75 Å². The molecular formula is C37H59NO8. The maximum Gasteiger partial charge on any atom is 0.306 e. The van der Waals surface area contributed by atoms with Gasteiger partial charge in [0.1, 0.15) is 18.0 Å². The predicted octanol–water partition coefficient (Wildman–Crippen LogP) is 5.60. The van der Waals surface area contributed by atoms with Crippen LogP contribution >= 0.6 is 0 Å². The number of carbonyl (C=O) groups excluding carboxylic acids is 2. The fourth-order valence-corrected chi connectivity index (χ4v) is 7.21.